The van der Waals surface area contributed by atoms with Crippen LogP contribution in [-0.2, 0) is 24.8 Å². The van der Waals surface area contributed by atoms with Crippen LogP contribution in [0.4, 0.5) is 18.9 Å². The molecule has 0 saturated heterocycles. The molecule has 166 valence electrons. The van der Waals surface area contributed by atoms with Gasteiger partial charge in [0.1, 0.15) is 5.75 Å². The largest absolute Gasteiger partial charge is 0.573 e. The molecule has 0 heterocycles. The lowest BCUT2D eigenvalue weighted by Gasteiger charge is -2.14. The van der Waals surface area contributed by atoms with Gasteiger partial charge < -0.3 is 9.47 Å². The molecule has 0 spiro atoms. The molecule has 0 fully saturated rings. The summed E-state index contributed by atoms with van der Waals surface area (Å²) in [5.41, 5.74) is 0.0644. The maximum atomic E-state index is 12.4. The molecule has 2 aromatic carbocycles. The molecule has 0 saturated carbocycles. The molecule has 0 aliphatic rings. The van der Waals surface area contributed by atoms with E-state index < -0.39 is 38.2 Å². The van der Waals surface area contributed by atoms with E-state index in [0.29, 0.717) is 0 Å². The summed E-state index contributed by atoms with van der Waals surface area (Å²) in [7, 11) is -6.51. The second-order valence-electron chi connectivity index (χ2n) is 6.13. The molecule has 13 heteroatoms. The van der Waals surface area contributed by atoms with Crippen molar-refractivity contribution < 1.29 is 39.5 Å². The van der Waals surface area contributed by atoms with Gasteiger partial charge in [-0.2, -0.15) is 0 Å². The minimum Gasteiger partial charge on any atom is -0.406 e. The van der Waals surface area contributed by atoms with Gasteiger partial charge in [-0.05, 0) is 55.5 Å². The number of methoxy groups -OCH3 is 1. The van der Waals surface area contributed by atoms with Crippen molar-refractivity contribution in [2.75, 3.05) is 18.4 Å². The van der Waals surface area contributed by atoms with Crippen LogP contribution in [0.5, 0.6) is 5.75 Å². The van der Waals surface area contributed by atoms with Crippen molar-refractivity contribution >= 4 is 25.7 Å². The van der Waals surface area contributed by atoms with Crippen LogP contribution in [0, 0.1) is 0 Å². The highest BCUT2D eigenvalue weighted by molar-refractivity contribution is 7.92. The third kappa shape index (κ3) is 6.86. The van der Waals surface area contributed by atoms with Crippen molar-refractivity contribution in [1.29, 1.82) is 0 Å². The van der Waals surface area contributed by atoms with Gasteiger partial charge in [-0.1, -0.05) is 0 Å². The molecule has 0 aliphatic heterocycles. The standard InChI is InChI=1S/C17H19F3N2O6S2/c1-12(11-27-2)21-29(23,24)15-7-3-13(4-8-15)22-30(25,26)16-9-5-14(6-10-16)28-17(18,19)20/h3-10,12,21-22H,11H2,1-2H3/t12-/m0/s1. The number of hydrogen-bond acceptors (Lipinski definition) is 6. The topological polar surface area (TPSA) is 111 Å². The summed E-state index contributed by atoms with van der Waals surface area (Å²) in [6.45, 7) is 1.79. The van der Waals surface area contributed by atoms with E-state index in [-0.39, 0.29) is 22.1 Å². The van der Waals surface area contributed by atoms with Crippen molar-refractivity contribution in [3.05, 3.63) is 48.5 Å². The average molecular weight is 468 g/mol. The molecule has 1 atom stereocenters. The second-order valence-corrected chi connectivity index (χ2v) is 9.52. The first-order chi connectivity index (χ1) is 13.8. The Bertz CT molecular complexity index is 1050. The Labute approximate surface area is 172 Å². The Morgan fingerprint density at radius 1 is 0.900 bits per heavy atom. The molecule has 0 radical (unpaired) electrons. The number of alkyl halides is 3. The summed E-state index contributed by atoms with van der Waals surface area (Å²) in [6, 6.07) is 8.06. The summed E-state index contributed by atoms with van der Waals surface area (Å²) < 4.78 is 99.0. The predicted molar refractivity (Wildman–Crippen MR) is 102 cm³/mol. The van der Waals surface area contributed by atoms with Crippen molar-refractivity contribution in [1.82, 2.24) is 4.72 Å². The minimum atomic E-state index is -4.89. The molecular weight excluding hydrogens is 449 g/mol. The third-order valence-corrected chi connectivity index (χ3v) is 6.56. The Kier molecular flexibility index (Phi) is 7.34. The van der Waals surface area contributed by atoms with Crippen molar-refractivity contribution in [2.45, 2.75) is 29.1 Å². The fourth-order valence-electron chi connectivity index (χ4n) is 2.35. The van der Waals surface area contributed by atoms with Gasteiger partial charge in [0.25, 0.3) is 10.0 Å². The van der Waals surface area contributed by atoms with Crippen LogP contribution in [0.2, 0.25) is 0 Å². The number of nitrogens with one attached hydrogen (secondary N) is 2. The molecular formula is C17H19F3N2O6S2. The zero-order valence-electron chi connectivity index (χ0n) is 15.8. The van der Waals surface area contributed by atoms with Crippen LogP contribution in [-0.4, -0.2) is 43.0 Å². The molecule has 2 N–H and O–H groups in total. The van der Waals surface area contributed by atoms with E-state index in [1.54, 1.807) is 6.92 Å². The number of ether oxygens (including phenoxy) is 2. The van der Waals surface area contributed by atoms with Crippen LogP contribution in [0.1, 0.15) is 6.92 Å². The van der Waals surface area contributed by atoms with Crippen LogP contribution in [0.15, 0.2) is 58.3 Å². The molecule has 0 aliphatic carbocycles. The number of benzene rings is 2. The molecule has 2 aromatic rings. The summed E-state index contributed by atoms with van der Waals surface area (Å²) >= 11 is 0. The van der Waals surface area contributed by atoms with E-state index in [2.05, 4.69) is 14.2 Å². The quantitative estimate of drug-likeness (QED) is 0.586. The van der Waals surface area contributed by atoms with Gasteiger partial charge in [0.05, 0.1) is 16.4 Å². The number of rotatable bonds is 9. The number of anilines is 1. The van der Waals surface area contributed by atoms with E-state index in [0.717, 1.165) is 24.3 Å². The van der Waals surface area contributed by atoms with E-state index in [1.165, 1.54) is 31.4 Å². The van der Waals surface area contributed by atoms with Gasteiger partial charge in [-0.15, -0.1) is 13.2 Å². The zero-order chi connectivity index (χ0) is 22.6. The van der Waals surface area contributed by atoms with Crippen LogP contribution < -0.4 is 14.2 Å². The summed E-state index contributed by atoms with van der Waals surface area (Å²) in [5.74, 6) is -0.564. The number of sulfonamides is 2. The Hall–Kier alpha value is -2.35. The fraction of sp³-hybridized carbons (Fsp3) is 0.294. The summed E-state index contributed by atoms with van der Waals surface area (Å²) in [5, 5.41) is 0. The van der Waals surface area contributed by atoms with E-state index >= 15 is 0 Å². The zero-order valence-corrected chi connectivity index (χ0v) is 17.4. The van der Waals surface area contributed by atoms with Gasteiger partial charge in [-0.25, -0.2) is 21.6 Å². The van der Waals surface area contributed by atoms with Crippen LogP contribution in [0.25, 0.3) is 0 Å². The normalized spacial score (nSPS) is 13.6. The lowest BCUT2D eigenvalue weighted by molar-refractivity contribution is -0.274. The highest BCUT2D eigenvalue weighted by atomic mass is 32.2. The average Bonchev–Trinajstić information content (AvgIpc) is 2.60. The second kappa shape index (κ2) is 9.20. The monoisotopic (exact) mass is 468 g/mol. The predicted octanol–water partition coefficient (Wildman–Crippen LogP) is 2.70. The molecule has 2 rings (SSSR count). The Morgan fingerprint density at radius 2 is 1.40 bits per heavy atom. The summed E-state index contributed by atoms with van der Waals surface area (Å²) in [4.78, 5) is -0.383. The van der Waals surface area contributed by atoms with Crippen molar-refractivity contribution in [3.8, 4) is 5.75 Å². The van der Waals surface area contributed by atoms with Gasteiger partial charge in [-0.3, -0.25) is 4.72 Å². The first kappa shape index (κ1) is 23.9. The number of hydrogen-bond donors (Lipinski definition) is 2. The van der Waals surface area contributed by atoms with Gasteiger partial charge in [0.15, 0.2) is 0 Å². The highest BCUT2D eigenvalue weighted by Gasteiger charge is 2.31. The van der Waals surface area contributed by atoms with Gasteiger partial charge in [0, 0.05) is 18.8 Å². The smallest absolute Gasteiger partial charge is 0.406 e. The molecule has 0 amide bonds. The fourth-order valence-corrected chi connectivity index (χ4v) is 4.64. The SMILES string of the molecule is COC[C@H](C)NS(=O)(=O)c1ccc(NS(=O)(=O)c2ccc(OC(F)(F)F)cc2)cc1. The Morgan fingerprint density at radius 3 is 1.90 bits per heavy atom. The molecule has 0 bridgehead atoms. The molecule has 0 unspecified atom stereocenters. The van der Waals surface area contributed by atoms with Gasteiger partial charge in [0.2, 0.25) is 10.0 Å². The van der Waals surface area contributed by atoms with Crippen molar-refractivity contribution in [2.24, 2.45) is 0 Å². The maximum absolute atomic E-state index is 12.4. The van der Waals surface area contributed by atoms with E-state index in [4.69, 9.17) is 4.74 Å². The first-order valence-corrected chi connectivity index (χ1v) is 11.3. The lowest BCUT2D eigenvalue weighted by atomic mass is 10.3. The summed E-state index contributed by atoms with van der Waals surface area (Å²) in [6.07, 6.45) is -4.89. The minimum absolute atomic E-state index is 0.0644. The Balaban J connectivity index is 2.12. The first-order valence-electron chi connectivity index (χ1n) is 8.32. The number of halogens is 3. The van der Waals surface area contributed by atoms with E-state index in [9.17, 15) is 30.0 Å². The van der Waals surface area contributed by atoms with Crippen LogP contribution in [0.3, 0.4) is 0 Å². The molecule has 8 nitrogen and oxygen atoms in total. The van der Waals surface area contributed by atoms with E-state index in [1.807, 2.05) is 0 Å². The van der Waals surface area contributed by atoms with Crippen molar-refractivity contribution in [3.63, 3.8) is 0 Å². The maximum Gasteiger partial charge on any atom is 0.573 e. The van der Waals surface area contributed by atoms with Gasteiger partial charge >= 0.3 is 6.36 Å². The molecule has 0 aromatic heterocycles. The molecule has 30 heavy (non-hydrogen) atoms. The lowest BCUT2D eigenvalue weighted by Crippen LogP contribution is -2.35. The van der Waals surface area contributed by atoms with Crippen LogP contribution >= 0.6 is 0 Å². The third-order valence-electron chi connectivity index (χ3n) is 3.56. The highest BCUT2D eigenvalue weighted by Crippen LogP contribution is 2.25.